The predicted octanol–water partition coefficient (Wildman–Crippen LogP) is 7.92. The summed E-state index contributed by atoms with van der Waals surface area (Å²) < 4.78 is 62.3. The number of alkyl halides is 1. The van der Waals surface area contributed by atoms with Gasteiger partial charge in [-0.15, -0.1) is 0 Å². The van der Waals surface area contributed by atoms with Crippen LogP contribution >= 0.6 is 0 Å². The number of carbonyl (C=O) groups is 1. The van der Waals surface area contributed by atoms with Gasteiger partial charge in [0.05, 0.1) is 19.3 Å². The van der Waals surface area contributed by atoms with Gasteiger partial charge in [0.1, 0.15) is 22.4 Å². The number of nitrogens with zero attached hydrogens (tertiary/aromatic N) is 3. The molecule has 2 unspecified atom stereocenters. The first-order valence-electron chi connectivity index (χ1n) is 17.3. The average Bonchev–Trinajstić information content (AvgIpc) is 3.89. The zero-order chi connectivity index (χ0) is 35.4. The molecule has 0 spiro atoms. The molecule has 4 aromatic carbocycles. The third-order valence-electron chi connectivity index (χ3n) is 10.1. The summed E-state index contributed by atoms with van der Waals surface area (Å²) in [4.78, 5) is 14.5. The lowest BCUT2D eigenvalue weighted by atomic mass is 9.78. The number of ether oxygens (including phenoxy) is 1. The summed E-state index contributed by atoms with van der Waals surface area (Å²) in [6, 6.07) is 27.8. The Kier molecular flexibility index (Phi) is 8.21. The maximum Gasteiger partial charge on any atom is 0.331 e. The van der Waals surface area contributed by atoms with Crippen LogP contribution in [0.1, 0.15) is 59.2 Å². The van der Waals surface area contributed by atoms with Gasteiger partial charge in [-0.3, -0.25) is 0 Å². The van der Waals surface area contributed by atoms with E-state index in [2.05, 4.69) is 29.0 Å². The molecule has 51 heavy (non-hydrogen) atoms. The van der Waals surface area contributed by atoms with Gasteiger partial charge in [-0.2, -0.15) is 9.46 Å². The minimum absolute atomic E-state index is 0.00538. The summed E-state index contributed by atoms with van der Waals surface area (Å²) in [5.74, 6) is -0.109. The Bertz CT molecular complexity index is 2150. The van der Waals surface area contributed by atoms with Crippen LogP contribution in [-0.2, 0) is 47.7 Å². The number of amides is 2. The first-order valence-corrected chi connectivity index (χ1v) is 18.8. The first kappa shape index (κ1) is 33.1. The third kappa shape index (κ3) is 5.77. The number of nitrogens with one attached hydrogen (secondary N) is 2. The highest BCUT2D eigenvalue weighted by molar-refractivity contribution is 7.92. The van der Waals surface area contributed by atoms with Crippen LogP contribution in [0.25, 0.3) is 0 Å². The van der Waals surface area contributed by atoms with Crippen molar-refractivity contribution in [1.82, 2.24) is 14.5 Å². The molecule has 262 valence electrons. The van der Waals surface area contributed by atoms with E-state index in [1.165, 1.54) is 6.20 Å². The maximum atomic E-state index is 16.0. The lowest BCUT2D eigenvalue weighted by molar-refractivity contribution is 0.0971. The number of anilines is 1. The molecule has 0 saturated carbocycles. The molecule has 0 bridgehead atoms. The molecule has 0 fully saturated rings. The quantitative estimate of drug-likeness (QED) is 0.168. The Balaban J connectivity index is 1.34. The van der Waals surface area contributed by atoms with E-state index < -0.39 is 27.7 Å². The van der Waals surface area contributed by atoms with E-state index >= 15 is 8.60 Å². The van der Waals surface area contributed by atoms with Crippen molar-refractivity contribution in [3.8, 4) is 5.88 Å². The zero-order valence-electron chi connectivity index (χ0n) is 28.5. The molecule has 8 rings (SSSR count). The van der Waals surface area contributed by atoms with Crippen LogP contribution in [0.4, 0.5) is 19.3 Å². The fourth-order valence-corrected chi connectivity index (χ4v) is 9.66. The molecule has 5 aromatic rings. The molecule has 3 aliphatic rings. The van der Waals surface area contributed by atoms with Crippen molar-refractivity contribution >= 4 is 21.6 Å². The average molecular weight is 708 g/mol. The standard InChI is InChI=1S/C40H39F2N5O3S/c1-39(2)24-47-37(50-25-39)34(23-43-47)51(49,45-38(48)44-36-31-20-12-19-30(31)35(42)32-21-29(41)22-33(32)36)46-40(26-13-6-3-7-14-26,27-15-8-4-9-16-27)28-17-10-5-11-18-28/h3-11,13-18,23,29H,12,19-22,24-25H2,1-2H3,(H2,44,45,46,48,49). The Morgan fingerprint density at radius 3 is 2.08 bits per heavy atom. The van der Waals surface area contributed by atoms with Crippen molar-refractivity contribution in [2.75, 3.05) is 11.9 Å². The summed E-state index contributed by atoms with van der Waals surface area (Å²) in [6.07, 6.45) is 1.94. The van der Waals surface area contributed by atoms with Crippen LogP contribution < -0.4 is 14.8 Å². The summed E-state index contributed by atoms with van der Waals surface area (Å²) in [6.45, 7) is 4.95. The van der Waals surface area contributed by atoms with Gasteiger partial charge >= 0.3 is 6.03 Å². The lowest BCUT2D eigenvalue weighted by Crippen LogP contribution is -2.39. The van der Waals surface area contributed by atoms with Gasteiger partial charge in [0.15, 0.2) is 9.92 Å². The number of fused-ring (bicyclic) bond motifs is 3. The smallest absolute Gasteiger partial charge is 0.331 e. The second-order valence-electron chi connectivity index (χ2n) is 14.4. The summed E-state index contributed by atoms with van der Waals surface area (Å²) in [5, 5.41) is 7.48. The fourth-order valence-electron chi connectivity index (χ4n) is 7.81. The molecule has 2 aliphatic carbocycles. The third-order valence-corrected chi connectivity index (χ3v) is 12.0. The first-order chi connectivity index (χ1) is 24.6. The predicted molar refractivity (Wildman–Crippen MR) is 192 cm³/mol. The monoisotopic (exact) mass is 707 g/mol. The van der Waals surface area contributed by atoms with Gasteiger partial charge in [-0.05, 0) is 58.2 Å². The van der Waals surface area contributed by atoms with Crippen LogP contribution in [0, 0.1) is 11.2 Å². The van der Waals surface area contributed by atoms with Crippen LogP contribution in [0.2, 0.25) is 0 Å². The highest BCUT2D eigenvalue weighted by atomic mass is 32.2. The fraction of sp³-hybridized carbons (Fsp3) is 0.300. The van der Waals surface area contributed by atoms with Crippen molar-refractivity contribution in [3.05, 3.63) is 142 Å². The van der Waals surface area contributed by atoms with Crippen LogP contribution in [0.5, 0.6) is 5.88 Å². The number of benzene rings is 4. The second kappa shape index (κ2) is 12.6. The topological polar surface area (TPSA) is 97.6 Å². The Morgan fingerprint density at radius 1 is 0.902 bits per heavy atom. The summed E-state index contributed by atoms with van der Waals surface area (Å²) >= 11 is 0. The van der Waals surface area contributed by atoms with Gasteiger partial charge < -0.3 is 10.1 Å². The molecule has 0 radical (unpaired) electrons. The molecule has 1 aliphatic heterocycles. The maximum absolute atomic E-state index is 16.0. The molecule has 2 amide bonds. The van der Waals surface area contributed by atoms with Gasteiger partial charge in [-0.25, -0.2) is 27.2 Å². The van der Waals surface area contributed by atoms with Crippen molar-refractivity contribution in [2.45, 2.75) is 69.1 Å². The van der Waals surface area contributed by atoms with Gasteiger partial charge in [0.2, 0.25) is 5.88 Å². The number of rotatable bonds is 7. The molecule has 1 aromatic heterocycles. The van der Waals surface area contributed by atoms with Crippen LogP contribution in [0.3, 0.4) is 0 Å². The minimum atomic E-state index is -3.97. The molecule has 0 saturated heterocycles. The van der Waals surface area contributed by atoms with Crippen molar-refractivity contribution < 1.29 is 22.5 Å². The van der Waals surface area contributed by atoms with E-state index in [9.17, 15) is 9.18 Å². The zero-order valence-corrected chi connectivity index (χ0v) is 29.3. The second-order valence-corrected chi connectivity index (χ2v) is 16.2. The molecular formula is C40H39F2N5O3S. The molecule has 2 N–H and O–H groups in total. The molecule has 2 heterocycles. The van der Waals surface area contributed by atoms with E-state index in [1.54, 1.807) is 4.68 Å². The van der Waals surface area contributed by atoms with E-state index in [-0.39, 0.29) is 34.8 Å². The van der Waals surface area contributed by atoms with Crippen LogP contribution in [-0.4, -0.2) is 32.8 Å². The Hall–Kier alpha value is -5.03. The normalized spacial score (nSPS) is 18.5. The Labute approximate surface area is 296 Å². The number of urea groups is 1. The molecular weight excluding hydrogens is 669 g/mol. The number of hydrogen-bond donors (Lipinski definition) is 2. The molecule has 2 atom stereocenters. The van der Waals surface area contributed by atoms with Gasteiger partial charge in [0, 0.05) is 23.9 Å². The highest BCUT2D eigenvalue weighted by Gasteiger charge is 2.42. The van der Waals surface area contributed by atoms with E-state index in [0.717, 1.165) is 23.1 Å². The van der Waals surface area contributed by atoms with Crippen molar-refractivity contribution in [2.24, 2.45) is 9.78 Å². The number of carbonyl (C=O) groups excluding carboxylic acids is 1. The van der Waals surface area contributed by atoms with Gasteiger partial charge in [-0.1, -0.05) is 105 Å². The van der Waals surface area contributed by atoms with E-state index in [0.29, 0.717) is 53.9 Å². The summed E-state index contributed by atoms with van der Waals surface area (Å²) in [5.41, 5.74) is 2.91. The Morgan fingerprint density at radius 2 is 1.47 bits per heavy atom. The SMILES string of the molecule is CC1(C)COc2c(S(=O)(=NC(c3ccccc3)(c3ccccc3)c3ccccc3)NC(=O)Nc3c4c(c(F)c5c3CC(F)C5)CCC4)cnn2C1. The van der Waals surface area contributed by atoms with Crippen LogP contribution in [0.15, 0.2) is 106 Å². The number of aromatic nitrogens is 2. The molecule has 8 nitrogen and oxygen atoms in total. The summed E-state index contributed by atoms with van der Waals surface area (Å²) in [7, 11) is -3.97. The molecule has 11 heteroatoms. The van der Waals surface area contributed by atoms with Crippen molar-refractivity contribution in [1.29, 1.82) is 0 Å². The lowest BCUT2D eigenvalue weighted by Gasteiger charge is -2.34. The van der Waals surface area contributed by atoms with E-state index in [4.69, 9.17) is 9.10 Å². The van der Waals surface area contributed by atoms with Crippen molar-refractivity contribution in [3.63, 3.8) is 0 Å². The number of hydrogen-bond acceptors (Lipinski definition) is 5. The van der Waals surface area contributed by atoms with Gasteiger partial charge in [0.25, 0.3) is 0 Å². The van der Waals surface area contributed by atoms with E-state index in [1.807, 2.05) is 91.0 Å². The number of halogens is 2. The largest absolute Gasteiger partial charge is 0.476 e. The minimum Gasteiger partial charge on any atom is -0.476 e. The highest BCUT2D eigenvalue weighted by Crippen LogP contribution is 2.45.